The zero-order valence-corrected chi connectivity index (χ0v) is 15.5. The van der Waals surface area contributed by atoms with Crippen molar-refractivity contribution < 1.29 is 13.2 Å². The van der Waals surface area contributed by atoms with Gasteiger partial charge in [0.25, 0.3) is 0 Å². The summed E-state index contributed by atoms with van der Waals surface area (Å²) in [6.45, 7) is 4.06. The number of rotatable bonds is 7. The highest BCUT2D eigenvalue weighted by molar-refractivity contribution is 7.92. The number of amides is 1. The SMILES string of the molecule is C[C@H](CNC(=O)[C@@H](C)N(c1ccccc1)S(C)(=O)=O)c1ccccc1. The molecule has 0 aliphatic heterocycles. The summed E-state index contributed by atoms with van der Waals surface area (Å²) in [5.74, 6) is -0.183. The molecular formula is C19H24N2O3S. The molecule has 2 aromatic rings. The van der Waals surface area contributed by atoms with E-state index in [9.17, 15) is 13.2 Å². The molecule has 0 spiro atoms. The van der Waals surface area contributed by atoms with E-state index in [1.165, 1.54) is 0 Å². The molecule has 0 bridgehead atoms. The lowest BCUT2D eigenvalue weighted by Gasteiger charge is -2.28. The number of nitrogens with one attached hydrogen (secondary N) is 1. The number of nitrogens with zero attached hydrogens (tertiary/aromatic N) is 1. The molecule has 6 heteroatoms. The van der Waals surface area contributed by atoms with Crippen molar-refractivity contribution in [2.24, 2.45) is 0 Å². The van der Waals surface area contributed by atoms with Crippen LogP contribution < -0.4 is 9.62 Å². The Morgan fingerprint density at radius 3 is 2.04 bits per heavy atom. The molecule has 134 valence electrons. The van der Waals surface area contributed by atoms with E-state index in [0.29, 0.717) is 12.2 Å². The number of hydrogen-bond donors (Lipinski definition) is 1. The molecular weight excluding hydrogens is 336 g/mol. The second-order valence-corrected chi connectivity index (χ2v) is 7.99. The first-order valence-electron chi connectivity index (χ1n) is 8.18. The number of benzene rings is 2. The van der Waals surface area contributed by atoms with Crippen molar-refractivity contribution in [3.05, 3.63) is 66.2 Å². The average molecular weight is 360 g/mol. The van der Waals surface area contributed by atoms with Gasteiger partial charge in [0, 0.05) is 6.54 Å². The topological polar surface area (TPSA) is 66.5 Å². The number of carbonyl (C=O) groups is 1. The molecule has 0 aliphatic carbocycles. The minimum absolute atomic E-state index is 0.140. The second kappa shape index (κ2) is 8.16. The average Bonchev–Trinajstić information content (AvgIpc) is 2.60. The Labute approximate surface area is 149 Å². The normalized spacial score (nSPS) is 13.7. The van der Waals surface area contributed by atoms with E-state index >= 15 is 0 Å². The van der Waals surface area contributed by atoms with Crippen molar-refractivity contribution in [2.75, 3.05) is 17.1 Å². The number of anilines is 1. The first-order valence-corrected chi connectivity index (χ1v) is 10.0. The lowest BCUT2D eigenvalue weighted by atomic mass is 10.0. The molecule has 1 amide bonds. The Hall–Kier alpha value is -2.34. The molecule has 5 nitrogen and oxygen atoms in total. The molecule has 1 N–H and O–H groups in total. The molecule has 2 atom stereocenters. The van der Waals surface area contributed by atoms with Gasteiger partial charge >= 0.3 is 0 Å². The van der Waals surface area contributed by atoms with Gasteiger partial charge in [0.15, 0.2) is 0 Å². The number of hydrogen-bond acceptors (Lipinski definition) is 3. The first kappa shape index (κ1) is 19.0. The largest absolute Gasteiger partial charge is 0.354 e. The van der Waals surface area contributed by atoms with Gasteiger partial charge in [-0.3, -0.25) is 9.10 Å². The highest BCUT2D eigenvalue weighted by Crippen LogP contribution is 2.20. The number of para-hydroxylation sites is 1. The van der Waals surface area contributed by atoms with Gasteiger partial charge in [-0.2, -0.15) is 0 Å². The predicted octanol–water partition coefficient (Wildman–Crippen LogP) is 2.76. The maximum absolute atomic E-state index is 12.5. The minimum atomic E-state index is -3.58. The fourth-order valence-corrected chi connectivity index (χ4v) is 3.86. The van der Waals surface area contributed by atoms with E-state index in [-0.39, 0.29) is 11.8 Å². The highest BCUT2D eigenvalue weighted by atomic mass is 32.2. The molecule has 0 heterocycles. The maximum Gasteiger partial charge on any atom is 0.243 e. The Morgan fingerprint density at radius 2 is 1.52 bits per heavy atom. The van der Waals surface area contributed by atoms with Crippen LogP contribution in [-0.4, -0.2) is 33.2 Å². The van der Waals surface area contributed by atoms with Crippen molar-refractivity contribution in [1.82, 2.24) is 5.32 Å². The summed E-state index contributed by atoms with van der Waals surface area (Å²) < 4.78 is 25.5. The smallest absolute Gasteiger partial charge is 0.243 e. The van der Waals surface area contributed by atoms with Gasteiger partial charge in [-0.15, -0.1) is 0 Å². The van der Waals surface area contributed by atoms with E-state index in [0.717, 1.165) is 16.1 Å². The molecule has 0 fully saturated rings. The van der Waals surface area contributed by atoms with Gasteiger partial charge in [0.1, 0.15) is 6.04 Å². The summed E-state index contributed by atoms with van der Waals surface area (Å²) >= 11 is 0. The van der Waals surface area contributed by atoms with E-state index in [4.69, 9.17) is 0 Å². The fraction of sp³-hybridized carbons (Fsp3) is 0.316. The van der Waals surface area contributed by atoms with Gasteiger partial charge in [0.05, 0.1) is 11.9 Å². The standard InChI is InChI=1S/C19H24N2O3S/c1-15(17-10-6-4-7-11-17)14-20-19(22)16(2)21(25(3,23)24)18-12-8-5-9-13-18/h4-13,15-16H,14H2,1-3H3,(H,20,22)/t15-,16-/m1/s1. The van der Waals surface area contributed by atoms with E-state index in [1.807, 2.05) is 37.3 Å². The molecule has 0 saturated carbocycles. The Bertz CT molecular complexity index is 792. The highest BCUT2D eigenvalue weighted by Gasteiger charge is 2.29. The Balaban J connectivity index is 2.09. The Kier molecular flexibility index (Phi) is 6.20. The number of carbonyl (C=O) groups excluding carboxylic acids is 1. The van der Waals surface area contributed by atoms with Crippen LogP contribution in [0.3, 0.4) is 0 Å². The van der Waals surface area contributed by atoms with Crippen LogP contribution in [-0.2, 0) is 14.8 Å². The van der Waals surface area contributed by atoms with Crippen LogP contribution in [0.25, 0.3) is 0 Å². The zero-order valence-electron chi connectivity index (χ0n) is 14.7. The van der Waals surface area contributed by atoms with Gasteiger partial charge in [-0.05, 0) is 30.5 Å². The van der Waals surface area contributed by atoms with Gasteiger partial charge in [0.2, 0.25) is 15.9 Å². The summed E-state index contributed by atoms with van der Waals surface area (Å²) in [6.07, 6.45) is 1.11. The summed E-state index contributed by atoms with van der Waals surface area (Å²) in [5.41, 5.74) is 1.60. The first-order chi connectivity index (χ1) is 11.8. The third-order valence-corrected chi connectivity index (χ3v) is 5.29. The molecule has 0 saturated heterocycles. The van der Waals surface area contributed by atoms with Crippen molar-refractivity contribution in [1.29, 1.82) is 0 Å². The summed E-state index contributed by atoms with van der Waals surface area (Å²) in [6, 6.07) is 17.7. The maximum atomic E-state index is 12.5. The summed E-state index contributed by atoms with van der Waals surface area (Å²) in [5, 5.41) is 2.86. The van der Waals surface area contributed by atoms with Crippen molar-refractivity contribution in [3.8, 4) is 0 Å². The predicted molar refractivity (Wildman–Crippen MR) is 101 cm³/mol. The van der Waals surface area contributed by atoms with Crippen LogP contribution >= 0.6 is 0 Å². The molecule has 0 unspecified atom stereocenters. The minimum Gasteiger partial charge on any atom is -0.354 e. The van der Waals surface area contributed by atoms with Crippen LogP contribution in [0, 0.1) is 0 Å². The molecule has 0 aromatic heterocycles. The van der Waals surface area contributed by atoms with Gasteiger partial charge < -0.3 is 5.32 Å². The van der Waals surface area contributed by atoms with Gasteiger partial charge in [-0.25, -0.2) is 8.42 Å². The molecule has 0 radical (unpaired) electrons. The van der Waals surface area contributed by atoms with Crippen molar-refractivity contribution in [3.63, 3.8) is 0 Å². The quantitative estimate of drug-likeness (QED) is 0.826. The monoisotopic (exact) mass is 360 g/mol. The molecule has 2 rings (SSSR count). The van der Waals surface area contributed by atoms with Crippen LogP contribution in [0.15, 0.2) is 60.7 Å². The van der Waals surface area contributed by atoms with Gasteiger partial charge in [-0.1, -0.05) is 55.5 Å². The van der Waals surface area contributed by atoms with Crippen LogP contribution in [0.5, 0.6) is 0 Å². The summed E-state index contributed by atoms with van der Waals surface area (Å²) in [7, 11) is -3.58. The van der Waals surface area contributed by atoms with Crippen molar-refractivity contribution in [2.45, 2.75) is 25.8 Å². The van der Waals surface area contributed by atoms with Crippen LogP contribution in [0.4, 0.5) is 5.69 Å². The van der Waals surface area contributed by atoms with Crippen LogP contribution in [0.2, 0.25) is 0 Å². The van der Waals surface area contributed by atoms with Crippen LogP contribution in [0.1, 0.15) is 25.3 Å². The Morgan fingerprint density at radius 1 is 1.00 bits per heavy atom. The third-order valence-electron chi connectivity index (χ3n) is 4.05. The fourth-order valence-electron chi connectivity index (χ4n) is 2.68. The van der Waals surface area contributed by atoms with E-state index < -0.39 is 16.1 Å². The molecule has 2 aromatic carbocycles. The van der Waals surface area contributed by atoms with E-state index in [2.05, 4.69) is 5.32 Å². The summed E-state index contributed by atoms with van der Waals surface area (Å²) in [4.78, 5) is 12.5. The van der Waals surface area contributed by atoms with E-state index in [1.54, 1.807) is 37.3 Å². The second-order valence-electron chi connectivity index (χ2n) is 6.13. The lowest BCUT2D eigenvalue weighted by molar-refractivity contribution is -0.121. The molecule has 0 aliphatic rings. The van der Waals surface area contributed by atoms with Crippen molar-refractivity contribution >= 4 is 21.6 Å². The molecule has 25 heavy (non-hydrogen) atoms. The lowest BCUT2D eigenvalue weighted by Crippen LogP contribution is -2.48. The number of sulfonamides is 1. The third kappa shape index (κ3) is 5.06. The zero-order chi connectivity index (χ0) is 18.4.